The van der Waals surface area contributed by atoms with E-state index in [4.69, 9.17) is 4.42 Å². The lowest BCUT2D eigenvalue weighted by Gasteiger charge is -2.29. The summed E-state index contributed by atoms with van der Waals surface area (Å²) in [5, 5.41) is 2.84. The second-order valence-corrected chi connectivity index (χ2v) is 5.73. The fourth-order valence-electron chi connectivity index (χ4n) is 2.83. The summed E-state index contributed by atoms with van der Waals surface area (Å²) in [6.45, 7) is 2.78. The number of amides is 2. The van der Waals surface area contributed by atoms with Gasteiger partial charge < -0.3 is 14.6 Å². The van der Waals surface area contributed by atoms with Crippen LogP contribution in [0.25, 0.3) is 6.08 Å². The lowest BCUT2D eigenvalue weighted by Crippen LogP contribution is -2.35. The number of carbonyl (C=O) groups excluding carboxylic acids is 2. The van der Waals surface area contributed by atoms with Gasteiger partial charge in [0.25, 0.3) is 0 Å². The van der Waals surface area contributed by atoms with Crippen LogP contribution in [-0.2, 0) is 16.0 Å². The predicted octanol–water partition coefficient (Wildman–Crippen LogP) is 3.62. The van der Waals surface area contributed by atoms with Gasteiger partial charge in [0.15, 0.2) is 0 Å². The predicted molar refractivity (Wildman–Crippen MR) is 93.8 cm³/mol. The average Bonchev–Trinajstić information content (AvgIpc) is 3.09. The number of rotatable bonds is 5. The summed E-state index contributed by atoms with van der Waals surface area (Å²) in [5.74, 6) is 0.579. The van der Waals surface area contributed by atoms with E-state index in [9.17, 15) is 9.59 Å². The molecule has 0 fully saturated rings. The minimum absolute atomic E-state index is 0.169. The standard InChI is InChI=1S/C19H20N2O3/c1-2-11-21-17-8-6-15(13-14(17)5-10-19(21)23)20-18(22)9-7-16-4-3-12-24-16/h3-4,6-9,12-13H,2,5,10-11H2,1H3,(H,20,22)/b9-7+. The van der Waals surface area contributed by atoms with Crippen LogP contribution in [0.4, 0.5) is 11.4 Å². The molecule has 2 amide bonds. The van der Waals surface area contributed by atoms with Crippen LogP contribution in [0.5, 0.6) is 0 Å². The number of carbonyl (C=O) groups is 2. The van der Waals surface area contributed by atoms with Gasteiger partial charge in [0, 0.05) is 30.4 Å². The second-order valence-electron chi connectivity index (χ2n) is 5.73. The Bertz CT molecular complexity index is 763. The van der Waals surface area contributed by atoms with Crippen LogP contribution in [0.3, 0.4) is 0 Å². The first-order chi connectivity index (χ1) is 11.7. The van der Waals surface area contributed by atoms with Crippen molar-refractivity contribution in [2.45, 2.75) is 26.2 Å². The van der Waals surface area contributed by atoms with Crippen LogP contribution >= 0.6 is 0 Å². The van der Waals surface area contributed by atoms with Gasteiger partial charge in [-0.05, 0) is 54.8 Å². The molecular weight excluding hydrogens is 304 g/mol. The Hall–Kier alpha value is -2.82. The number of hydrogen-bond acceptors (Lipinski definition) is 3. The third-order valence-electron chi connectivity index (χ3n) is 3.94. The fourth-order valence-corrected chi connectivity index (χ4v) is 2.83. The summed E-state index contributed by atoms with van der Waals surface area (Å²) < 4.78 is 5.15. The van der Waals surface area contributed by atoms with Gasteiger partial charge in [0.2, 0.25) is 11.8 Å². The Morgan fingerprint density at radius 2 is 2.21 bits per heavy atom. The maximum absolute atomic E-state index is 12.0. The molecule has 0 aliphatic carbocycles. The normalized spacial score (nSPS) is 14.0. The zero-order valence-electron chi connectivity index (χ0n) is 13.6. The molecule has 0 radical (unpaired) electrons. The first-order valence-electron chi connectivity index (χ1n) is 8.13. The van der Waals surface area contributed by atoms with Gasteiger partial charge in [0.1, 0.15) is 5.76 Å². The van der Waals surface area contributed by atoms with Gasteiger partial charge in [-0.3, -0.25) is 9.59 Å². The molecule has 0 saturated heterocycles. The summed E-state index contributed by atoms with van der Waals surface area (Å²) >= 11 is 0. The maximum atomic E-state index is 12.0. The smallest absolute Gasteiger partial charge is 0.248 e. The maximum Gasteiger partial charge on any atom is 0.248 e. The highest BCUT2D eigenvalue weighted by atomic mass is 16.3. The Kier molecular flexibility index (Phi) is 4.79. The lowest BCUT2D eigenvalue weighted by atomic mass is 10.00. The molecule has 124 valence electrons. The van der Waals surface area contributed by atoms with E-state index in [0.717, 1.165) is 29.9 Å². The van der Waals surface area contributed by atoms with Crippen LogP contribution in [0.15, 0.2) is 47.1 Å². The van der Waals surface area contributed by atoms with Gasteiger partial charge in [-0.2, -0.15) is 0 Å². The molecule has 2 aromatic rings. The quantitative estimate of drug-likeness (QED) is 0.854. The molecule has 5 heteroatoms. The molecule has 1 aromatic heterocycles. The molecule has 1 aliphatic heterocycles. The summed E-state index contributed by atoms with van der Waals surface area (Å²) in [6.07, 6.45) is 6.76. The Balaban J connectivity index is 1.72. The molecule has 1 N–H and O–H groups in total. The van der Waals surface area contributed by atoms with Crippen molar-refractivity contribution in [1.82, 2.24) is 0 Å². The van der Waals surface area contributed by atoms with Crippen molar-refractivity contribution in [1.29, 1.82) is 0 Å². The summed E-state index contributed by atoms with van der Waals surface area (Å²) in [4.78, 5) is 25.9. The Morgan fingerprint density at radius 3 is 2.96 bits per heavy atom. The van der Waals surface area contributed by atoms with E-state index >= 15 is 0 Å². The first kappa shape index (κ1) is 16.1. The summed E-state index contributed by atoms with van der Waals surface area (Å²) in [5.41, 5.74) is 2.78. The number of nitrogens with one attached hydrogen (secondary N) is 1. The zero-order chi connectivity index (χ0) is 16.9. The molecule has 1 aromatic carbocycles. The number of fused-ring (bicyclic) bond motifs is 1. The van der Waals surface area contributed by atoms with Crippen LogP contribution in [0.2, 0.25) is 0 Å². The van der Waals surface area contributed by atoms with Gasteiger partial charge in [-0.25, -0.2) is 0 Å². The molecule has 24 heavy (non-hydrogen) atoms. The number of nitrogens with zero attached hydrogens (tertiary/aromatic N) is 1. The molecule has 0 unspecified atom stereocenters. The third kappa shape index (κ3) is 3.56. The SMILES string of the molecule is CCCN1C(=O)CCc2cc(NC(=O)/C=C/c3ccco3)ccc21. The number of benzene rings is 1. The summed E-state index contributed by atoms with van der Waals surface area (Å²) in [6, 6.07) is 9.24. The number of furan rings is 1. The van der Waals surface area contributed by atoms with Crippen molar-refractivity contribution in [2.24, 2.45) is 0 Å². The third-order valence-corrected chi connectivity index (χ3v) is 3.94. The van der Waals surface area contributed by atoms with Gasteiger partial charge >= 0.3 is 0 Å². The topological polar surface area (TPSA) is 62.6 Å². The highest BCUT2D eigenvalue weighted by Crippen LogP contribution is 2.30. The van der Waals surface area contributed by atoms with E-state index in [0.29, 0.717) is 18.6 Å². The molecule has 0 atom stereocenters. The van der Waals surface area contributed by atoms with Crippen molar-refractivity contribution in [3.05, 3.63) is 54.0 Å². The van der Waals surface area contributed by atoms with E-state index in [1.54, 1.807) is 24.5 Å². The highest BCUT2D eigenvalue weighted by Gasteiger charge is 2.23. The van der Waals surface area contributed by atoms with E-state index in [2.05, 4.69) is 12.2 Å². The molecule has 0 bridgehead atoms. The number of hydrogen-bond donors (Lipinski definition) is 1. The highest BCUT2D eigenvalue weighted by molar-refractivity contribution is 6.02. The minimum Gasteiger partial charge on any atom is -0.465 e. The van der Waals surface area contributed by atoms with E-state index in [1.165, 1.54) is 6.08 Å². The molecule has 2 heterocycles. The second kappa shape index (κ2) is 7.17. The molecule has 3 rings (SSSR count). The molecular formula is C19H20N2O3. The van der Waals surface area contributed by atoms with Crippen molar-refractivity contribution in [2.75, 3.05) is 16.8 Å². The van der Waals surface area contributed by atoms with Crippen LogP contribution in [0.1, 0.15) is 31.1 Å². The van der Waals surface area contributed by atoms with E-state index in [-0.39, 0.29) is 11.8 Å². The van der Waals surface area contributed by atoms with E-state index < -0.39 is 0 Å². The van der Waals surface area contributed by atoms with Gasteiger partial charge in [0.05, 0.1) is 6.26 Å². The Morgan fingerprint density at radius 1 is 1.33 bits per heavy atom. The van der Waals surface area contributed by atoms with Crippen LogP contribution in [-0.4, -0.2) is 18.4 Å². The van der Waals surface area contributed by atoms with Gasteiger partial charge in [-0.1, -0.05) is 6.92 Å². The van der Waals surface area contributed by atoms with Crippen molar-refractivity contribution < 1.29 is 14.0 Å². The number of anilines is 2. The fraction of sp³-hybridized carbons (Fsp3) is 0.263. The minimum atomic E-state index is -0.219. The van der Waals surface area contributed by atoms with Crippen LogP contribution in [0, 0.1) is 0 Å². The lowest BCUT2D eigenvalue weighted by molar-refractivity contribution is -0.119. The van der Waals surface area contributed by atoms with E-state index in [1.807, 2.05) is 23.1 Å². The molecule has 5 nitrogen and oxygen atoms in total. The zero-order valence-corrected chi connectivity index (χ0v) is 13.6. The van der Waals surface area contributed by atoms with Crippen LogP contribution < -0.4 is 10.2 Å². The van der Waals surface area contributed by atoms with Crippen molar-refractivity contribution in [3.63, 3.8) is 0 Å². The van der Waals surface area contributed by atoms with Crippen molar-refractivity contribution in [3.8, 4) is 0 Å². The molecule has 1 aliphatic rings. The number of aryl methyl sites for hydroxylation is 1. The first-order valence-corrected chi connectivity index (χ1v) is 8.13. The monoisotopic (exact) mass is 324 g/mol. The summed E-state index contributed by atoms with van der Waals surface area (Å²) in [7, 11) is 0. The van der Waals surface area contributed by atoms with Crippen molar-refractivity contribution >= 4 is 29.3 Å². The molecule has 0 saturated carbocycles. The molecule has 0 spiro atoms. The average molecular weight is 324 g/mol. The Labute approximate surface area is 141 Å². The largest absolute Gasteiger partial charge is 0.465 e. The van der Waals surface area contributed by atoms with Gasteiger partial charge in [-0.15, -0.1) is 0 Å².